The summed E-state index contributed by atoms with van der Waals surface area (Å²) in [5, 5.41) is 10.0. The first-order chi connectivity index (χ1) is 60.4. The molecule has 668 valence electrons. The molecule has 0 aliphatic heterocycles. The standard InChI is InChI=1S/C31H22F5N3O2.C20H16F3N3O.C11H7F2NO3.C11H9F2NO2.C10H7F2NO2.C8H5F2N.ClH.H2O/c32-20-7-16(8-21(33)12-20)6-18(9-23(40)10-19-15-39-30-25(19)13-22(34)14-28(30)36)29-24(2-1-5-38-29)17-3-4-27(35)26(11-17)31(37)41;21-13-6-11(7-14(22)10-13)8-18(24)19-15(2-1-5-26-19)12-3-4-17(23)16(9-12)20(25)27;1-17-11(16)10(15)7-4-14-9-6(7)2-5(12)3-8(9)13;1-16-10(15)2-6-5-14-11-8(6)3-7(12)4-9(11)13;11-6-2-7-5(1-9(14)15)4-13-10(7)8(12)3-6;9-6-3-5-1-2-11-8(5)7(10)4-6;;/h1-5,7-8,11-15,18,39H,6,9-10H2,(H2,37,41);1-7,9-10,18H,8,24H2,(H2,25,27);2-4,14H,1H3;3-5,14H,2H2,1H3;2-4,13H,1H2,(H,14,15);1-4,11H;1H;1H2/t2*18-;;;;;;/m10....../s1. The summed E-state index contributed by atoms with van der Waals surface area (Å²) in [7, 11) is 2.31. The number of rotatable bonds is 20. The number of hydrogen-bond acceptors (Lipinski definition) is 12. The zero-order valence-corrected chi connectivity index (χ0v) is 67.5. The lowest BCUT2D eigenvalue weighted by molar-refractivity contribution is -0.140. The summed E-state index contributed by atoms with van der Waals surface area (Å²) in [6, 6.07) is 31.1. The SMILES string of the molecule is COC(=O)C(=O)c1c[nH]c2c(F)cc(F)cc12.COC(=O)Cc1c[nH]c2c(F)cc(F)cc12.Cl.Fc1cc(F)c2[nH]ccc2c1.NC(=O)c1cc(-c2cccnc2[C@@H](CC(=O)Cc2c[nH]c3c(F)cc(F)cc23)Cc2cc(F)cc(F)c2)ccc1F.NC(=O)c1cc(-c2cccnc2[C@@H](N)Cc2cc(F)cc(F)c2)ccc1F.O.O=C(O)Cc1c[nH]c2c(F)cc(F)cc12. The highest BCUT2D eigenvalue weighted by Gasteiger charge is 2.27. The molecule has 2 amide bonds. The van der Waals surface area contributed by atoms with Gasteiger partial charge in [-0.25, -0.2) is 75.0 Å². The van der Waals surface area contributed by atoms with E-state index in [1.807, 2.05) is 0 Å². The molecule has 14 N–H and O–H groups in total. The van der Waals surface area contributed by atoms with Crippen molar-refractivity contribution < 1.29 is 124 Å². The summed E-state index contributed by atoms with van der Waals surface area (Å²) in [6.45, 7) is 0. The number of aromatic amines is 5. The molecule has 0 spiro atoms. The number of methoxy groups -OCH3 is 2. The van der Waals surface area contributed by atoms with Crippen molar-refractivity contribution in [3.05, 3.63) is 356 Å². The second-order valence-corrected chi connectivity index (χ2v) is 28.0. The summed E-state index contributed by atoms with van der Waals surface area (Å²) >= 11 is 0. The second-order valence-electron chi connectivity index (χ2n) is 28.0. The van der Waals surface area contributed by atoms with Gasteiger partial charge in [0.15, 0.2) is 0 Å². The number of pyridine rings is 2. The van der Waals surface area contributed by atoms with Crippen LogP contribution in [0.2, 0.25) is 0 Å². The molecule has 21 nitrogen and oxygen atoms in total. The molecule has 0 unspecified atom stereocenters. The number of aromatic nitrogens is 7. The van der Waals surface area contributed by atoms with Crippen LogP contribution in [-0.4, -0.2) is 101 Å². The fourth-order valence-electron chi connectivity index (χ4n) is 13.7. The normalized spacial score (nSPS) is 11.2. The van der Waals surface area contributed by atoms with Gasteiger partial charge in [-0.3, -0.25) is 38.7 Å². The minimum atomic E-state index is -1.09. The molecule has 16 aromatic rings. The van der Waals surface area contributed by atoms with Crippen LogP contribution in [0.15, 0.2) is 207 Å². The summed E-state index contributed by atoms with van der Waals surface area (Å²) in [6.07, 6.45) is 9.55. The lowest BCUT2D eigenvalue weighted by Crippen LogP contribution is -2.17. The minimum absolute atomic E-state index is 0. The largest absolute Gasteiger partial charge is 0.481 e. The molecule has 0 fully saturated rings. The number of nitrogens with two attached hydrogens (primary N) is 3. The smallest absolute Gasteiger partial charge is 0.379 e. The van der Waals surface area contributed by atoms with Crippen molar-refractivity contribution in [2.24, 2.45) is 17.2 Å². The van der Waals surface area contributed by atoms with Crippen molar-refractivity contribution in [2.75, 3.05) is 14.2 Å². The van der Waals surface area contributed by atoms with Gasteiger partial charge in [0.2, 0.25) is 0 Å². The average Bonchev–Trinajstić information content (AvgIpc) is 1.68. The molecule has 7 aromatic heterocycles. The van der Waals surface area contributed by atoms with Gasteiger partial charge >= 0.3 is 17.9 Å². The lowest BCUT2D eigenvalue weighted by Gasteiger charge is -2.20. The van der Waals surface area contributed by atoms with E-state index in [2.05, 4.69) is 44.4 Å². The number of H-pyrrole nitrogens is 5. The first-order valence-electron chi connectivity index (χ1n) is 37.4. The lowest BCUT2D eigenvalue weighted by atomic mass is 9.85. The Balaban J connectivity index is 0.000000185. The van der Waals surface area contributed by atoms with Crippen LogP contribution in [0.1, 0.15) is 88.7 Å². The van der Waals surface area contributed by atoms with E-state index in [0.29, 0.717) is 78.3 Å². The number of carboxylic acids is 1. The summed E-state index contributed by atoms with van der Waals surface area (Å²) in [5.41, 5.74) is 21.4. The van der Waals surface area contributed by atoms with Gasteiger partial charge in [-0.05, 0) is 149 Å². The number of carbonyl (C=O) groups is 7. The number of carbonyl (C=O) groups excluding carboxylic acids is 6. The van der Waals surface area contributed by atoms with Crippen molar-refractivity contribution in [2.45, 2.75) is 50.5 Å². The van der Waals surface area contributed by atoms with E-state index < -0.39 is 141 Å². The summed E-state index contributed by atoms with van der Waals surface area (Å²) < 4.78 is 224. The monoisotopic (exact) mass is 1820 g/mol. The number of aliphatic carboxylic acids is 1. The number of fused-ring (bicyclic) bond motifs is 5. The Bertz CT molecular complexity index is 6860. The van der Waals surface area contributed by atoms with Crippen LogP contribution in [0, 0.1) is 93.1 Å². The number of benzene rings is 9. The highest BCUT2D eigenvalue weighted by molar-refractivity contribution is 6.43. The van der Waals surface area contributed by atoms with Gasteiger partial charge in [0.25, 0.3) is 17.6 Å². The van der Waals surface area contributed by atoms with Gasteiger partial charge in [-0.15, -0.1) is 12.4 Å². The van der Waals surface area contributed by atoms with Crippen LogP contribution in [0.5, 0.6) is 0 Å². The van der Waals surface area contributed by atoms with Crippen LogP contribution in [-0.2, 0) is 60.8 Å². The zero-order chi connectivity index (χ0) is 91.9. The van der Waals surface area contributed by atoms with E-state index >= 15 is 0 Å². The average molecular weight is 1820 g/mol. The fourth-order valence-corrected chi connectivity index (χ4v) is 13.7. The summed E-state index contributed by atoms with van der Waals surface area (Å²) in [4.78, 5) is 103. The van der Waals surface area contributed by atoms with E-state index in [9.17, 15) is 104 Å². The predicted molar refractivity (Wildman–Crippen MR) is 445 cm³/mol. The summed E-state index contributed by atoms with van der Waals surface area (Å²) in [5.74, 6) is -18.1. The molecule has 38 heteroatoms. The van der Waals surface area contributed by atoms with Crippen LogP contribution in [0.4, 0.5) is 70.2 Å². The van der Waals surface area contributed by atoms with E-state index in [1.165, 1.54) is 86.6 Å². The molecule has 16 rings (SSSR count). The molecule has 0 aliphatic rings. The molecular weight excluding hydrogens is 1750 g/mol. The van der Waals surface area contributed by atoms with Crippen molar-refractivity contribution in [3.8, 4) is 22.3 Å². The van der Waals surface area contributed by atoms with E-state index in [-0.39, 0.29) is 123 Å². The Kier molecular flexibility index (Phi) is 32.6. The Morgan fingerprint density at radius 3 is 1.23 bits per heavy atom. The van der Waals surface area contributed by atoms with Gasteiger partial charge in [0.1, 0.15) is 98.9 Å². The van der Waals surface area contributed by atoms with Gasteiger partial charge in [0, 0.05) is 143 Å². The number of Topliss-reactive ketones (excluding diaryl/α,β-unsaturated/α-hetero) is 2. The van der Waals surface area contributed by atoms with Crippen LogP contribution < -0.4 is 17.2 Å². The van der Waals surface area contributed by atoms with Crippen LogP contribution >= 0.6 is 12.4 Å². The number of ketones is 2. The molecule has 0 radical (unpaired) electrons. The molecule has 0 bridgehead atoms. The predicted octanol–water partition coefficient (Wildman–Crippen LogP) is 18.1. The molecule has 0 aliphatic carbocycles. The molecule has 0 saturated heterocycles. The van der Waals surface area contributed by atoms with Crippen LogP contribution in [0.3, 0.4) is 0 Å². The molecule has 2 atom stereocenters. The Labute approximate surface area is 724 Å². The molecular formula is C91H69ClF16N10O11. The maximum absolute atomic E-state index is 14.2. The van der Waals surface area contributed by atoms with Gasteiger partial charge in [-0.1, -0.05) is 24.3 Å². The number of hydrogen-bond donors (Lipinski definition) is 9. The topological polar surface area (TPSA) is 372 Å². The quantitative estimate of drug-likeness (QED) is 0.0148. The highest BCUT2D eigenvalue weighted by atomic mass is 35.5. The number of esters is 2. The molecule has 9 aromatic carbocycles. The van der Waals surface area contributed by atoms with E-state index in [0.717, 1.165) is 92.2 Å². The highest BCUT2D eigenvalue weighted by Crippen LogP contribution is 2.37. The Hall–Kier alpha value is -15.2. The van der Waals surface area contributed by atoms with Crippen molar-refractivity contribution in [1.82, 2.24) is 34.9 Å². The van der Waals surface area contributed by atoms with Crippen molar-refractivity contribution >= 4 is 108 Å². The Morgan fingerprint density at radius 2 is 0.791 bits per heavy atom. The maximum Gasteiger partial charge on any atom is 0.379 e. The second kappa shape index (κ2) is 43.1. The molecule has 7 heterocycles. The van der Waals surface area contributed by atoms with E-state index in [4.69, 9.17) is 22.3 Å². The van der Waals surface area contributed by atoms with Crippen molar-refractivity contribution in [1.29, 1.82) is 0 Å². The number of nitrogens with zero attached hydrogens (tertiary/aromatic N) is 2. The number of nitrogens with one attached hydrogen (secondary N) is 5. The number of halogens is 17. The number of amides is 2. The third-order valence-corrected chi connectivity index (χ3v) is 19.3. The third kappa shape index (κ3) is 24.3. The minimum Gasteiger partial charge on any atom is -0.481 e. The Morgan fingerprint density at radius 1 is 0.403 bits per heavy atom. The molecule has 0 saturated carbocycles. The zero-order valence-electron chi connectivity index (χ0n) is 66.7. The van der Waals surface area contributed by atoms with Crippen molar-refractivity contribution in [3.63, 3.8) is 0 Å². The van der Waals surface area contributed by atoms with Gasteiger partial charge < -0.3 is 62.2 Å². The molecule has 129 heavy (non-hydrogen) atoms. The van der Waals surface area contributed by atoms with Gasteiger partial charge in [-0.2, -0.15) is 0 Å². The van der Waals surface area contributed by atoms with E-state index in [1.54, 1.807) is 36.5 Å². The first-order valence-corrected chi connectivity index (χ1v) is 37.4. The number of ether oxygens (including phenoxy) is 2. The number of primary amides is 2. The number of carboxylic acid groups (broad SMARTS) is 1. The first kappa shape index (κ1) is 97.6. The fraction of sp³-hybridized carbons (Fsp3) is 0.110. The maximum atomic E-state index is 14.2. The third-order valence-electron chi connectivity index (χ3n) is 19.3. The van der Waals surface area contributed by atoms with Crippen LogP contribution in [0.25, 0.3) is 76.8 Å². The van der Waals surface area contributed by atoms with Gasteiger partial charge in [0.05, 0.1) is 88.8 Å².